The highest BCUT2D eigenvalue weighted by Crippen LogP contribution is 2.26. The SMILES string of the molecule is COc1ccc(C)cc1C(C)NC(=O)CSCC(=O)Nc1cccc(Br)c1. The first-order valence-electron chi connectivity index (χ1n) is 8.46. The van der Waals surface area contributed by atoms with Gasteiger partial charge in [-0.2, -0.15) is 0 Å². The molecule has 0 saturated heterocycles. The predicted octanol–water partition coefficient (Wildman–Crippen LogP) is 4.32. The van der Waals surface area contributed by atoms with Gasteiger partial charge in [-0.1, -0.05) is 39.7 Å². The molecule has 5 nitrogen and oxygen atoms in total. The van der Waals surface area contributed by atoms with Gasteiger partial charge >= 0.3 is 0 Å². The Balaban J connectivity index is 1.79. The van der Waals surface area contributed by atoms with Crippen LogP contribution in [0.15, 0.2) is 46.9 Å². The topological polar surface area (TPSA) is 67.4 Å². The largest absolute Gasteiger partial charge is 0.496 e. The van der Waals surface area contributed by atoms with Crippen LogP contribution < -0.4 is 15.4 Å². The van der Waals surface area contributed by atoms with Crippen molar-refractivity contribution in [1.82, 2.24) is 5.32 Å². The van der Waals surface area contributed by atoms with E-state index in [1.807, 2.05) is 56.3 Å². The minimum atomic E-state index is -0.177. The average molecular weight is 451 g/mol. The lowest BCUT2D eigenvalue weighted by Crippen LogP contribution is -2.29. The zero-order valence-corrected chi connectivity index (χ0v) is 17.9. The Kier molecular flexibility index (Phi) is 8.19. The van der Waals surface area contributed by atoms with Crippen LogP contribution in [0.3, 0.4) is 0 Å². The summed E-state index contributed by atoms with van der Waals surface area (Å²) in [7, 11) is 1.61. The van der Waals surface area contributed by atoms with Gasteiger partial charge in [-0.05, 0) is 38.1 Å². The van der Waals surface area contributed by atoms with Crippen LogP contribution >= 0.6 is 27.7 Å². The van der Waals surface area contributed by atoms with Gasteiger partial charge in [-0.15, -0.1) is 11.8 Å². The van der Waals surface area contributed by atoms with E-state index in [-0.39, 0.29) is 29.4 Å². The molecule has 2 rings (SSSR count). The molecular formula is C20H23BrN2O3S. The molecule has 0 bridgehead atoms. The van der Waals surface area contributed by atoms with Crippen LogP contribution in [0.25, 0.3) is 0 Å². The molecule has 27 heavy (non-hydrogen) atoms. The molecule has 0 heterocycles. The number of carbonyl (C=O) groups is 2. The monoisotopic (exact) mass is 450 g/mol. The van der Waals surface area contributed by atoms with Crippen LogP contribution in [0.2, 0.25) is 0 Å². The first-order valence-corrected chi connectivity index (χ1v) is 10.4. The van der Waals surface area contributed by atoms with Crippen LogP contribution in [0.5, 0.6) is 5.75 Å². The highest BCUT2D eigenvalue weighted by molar-refractivity contribution is 9.10. The van der Waals surface area contributed by atoms with E-state index < -0.39 is 0 Å². The van der Waals surface area contributed by atoms with Crippen LogP contribution in [0.1, 0.15) is 24.1 Å². The number of aryl methyl sites for hydroxylation is 1. The van der Waals surface area contributed by atoms with Gasteiger partial charge in [-0.25, -0.2) is 0 Å². The molecular weight excluding hydrogens is 428 g/mol. The van der Waals surface area contributed by atoms with Gasteiger partial charge in [0.15, 0.2) is 0 Å². The Bertz CT molecular complexity index is 814. The number of hydrogen-bond donors (Lipinski definition) is 2. The van der Waals surface area contributed by atoms with E-state index in [1.165, 1.54) is 11.8 Å². The van der Waals surface area contributed by atoms with Crippen molar-refractivity contribution in [3.05, 3.63) is 58.1 Å². The van der Waals surface area contributed by atoms with Gasteiger partial charge in [0.25, 0.3) is 0 Å². The third-order valence-electron chi connectivity index (χ3n) is 3.80. The van der Waals surface area contributed by atoms with Crippen LogP contribution in [0, 0.1) is 6.92 Å². The minimum Gasteiger partial charge on any atom is -0.496 e. The van der Waals surface area contributed by atoms with Crippen molar-refractivity contribution in [1.29, 1.82) is 0 Å². The molecule has 0 aliphatic rings. The normalized spacial score (nSPS) is 11.6. The number of benzene rings is 2. The number of carbonyl (C=O) groups excluding carboxylic acids is 2. The molecule has 2 aromatic rings. The molecule has 1 unspecified atom stereocenters. The summed E-state index contributed by atoms with van der Waals surface area (Å²) in [5.41, 5.74) is 2.76. The maximum absolute atomic E-state index is 12.2. The fraction of sp³-hybridized carbons (Fsp3) is 0.300. The van der Waals surface area contributed by atoms with Gasteiger partial charge in [-0.3, -0.25) is 9.59 Å². The summed E-state index contributed by atoms with van der Waals surface area (Å²) < 4.78 is 6.26. The van der Waals surface area contributed by atoms with Crippen molar-refractivity contribution in [3.8, 4) is 5.75 Å². The number of halogens is 1. The smallest absolute Gasteiger partial charge is 0.234 e. The summed E-state index contributed by atoms with van der Waals surface area (Å²) in [5.74, 6) is 0.909. The number of ether oxygens (including phenoxy) is 1. The Morgan fingerprint density at radius 2 is 1.89 bits per heavy atom. The number of nitrogens with one attached hydrogen (secondary N) is 2. The van der Waals surface area contributed by atoms with E-state index in [4.69, 9.17) is 4.74 Å². The zero-order chi connectivity index (χ0) is 19.8. The van der Waals surface area contributed by atoms with E-state index in [9.17, 15) is 9.59 Å². The van der Waals surface area contributed by atoms with Crippen molar-refractivity contribution >= 4 is 45.2 Å². The molecule has 0 aliphatic carbocycles. The first-order chi connectivity index (χ1) is 12.9. The highest BCUT2D eigenvalue weighted by atomic mass is 79.9. The van der Waals surface area contributed by atoms with E-state index in [0.717, 1.165) is 27.0 Å². The van der Waals surface area contributed by atoms with Gasteiger partial charge in [0.2, 0.25) is 11.8 Å². The molecule has 7 heteroatoms. The molecule has 2 N–H and O–H groups in total. The summed E-state index contributed by atoms with van der Waals surface area (Å²) in [6, 6.07) is 13.1. The number of thioether (sulfide) groups is 1. The van der Waals surface area contributed by atoms with Crippen LogP contribution in [-0.4, -0.2) is 30.4 Å². The second-order valence-electron chi connectivity index (χ2n) is 6.09. The maximum Gasteiger partial charge on any atom is 0.234 e. The van der Waals surface area contributed by atoms with Crippen LogP contribution in [0.4, 0.5) is 5.69 Å². The third kappa shape index (κ3) is 6.92. The lowest BCUT2D eigenvalue weighted by molar-refractivity contribution is -0.119. The van der Waals surface area contributed by atoms with Crippen molar-refractivity contribution in [2.24, 2.45) is 0 Å². The average Bonchev–Trinajstić information content (AvgIpc) is 2.61. The van der Waals surface area contributed by atoms with Gasteiger partial charge in [0.1, 0.15) is 5.75 Å². The number of hydrogen-bond acceptors (Lipinski definition) is 4. The van der Waals surface area contributed by atoms with E-state index in [1.54, 1.807) is 7.11 Å². The number of anilines is 1. The second kappa shape index (κ2) is 10.4. The fourth-order valence-electron chi connectivity index (χ4n) is 2.55. The molecule has 2 aromatic carbocycles. The van der Waals surface area contributed by atoms with E-state index in [0.29, 0.717) is 0 Å². The molecule has 0 saturated carbocycles. The van der Waals surface area contributed by atoms with Crippen LogP contribution in [-0.2, 0) is 9.59 Å². The maximum atomic E-state index is 12.2. The Labute approximate surface area is 172 Å². The molecule has 144 valence electrons. The quantitative estimate of drug-likeness (QED) is 0.628. The van der Waals surface area contributed by atoms with Gasteiger partial charge in [0, 0.05) is 15.7 Å². The van der Waals surface area contributed by atoms with Crippen molar-refractivity contribution in [2.75, 3.05) is 23.9 Å². The second-order valence-corrected chi connectivity index (χ2v) is 7.99. The van der Waals surface area contributed by atoms with Gasteiger partial charge < -0.3 is 15.4 Å². The summed E-state index contributed by atoms with van der Waals surface area (Å²) in [4.78, 5) is 24.2. The Morgan fingerprint density at radius 3 is 2.59 bits per heavy atom. The van der Waals surface area contributed by atoms with Crippen molar-refractivity contribution in [3.63, 3.8) is 0 Å². The highest BCUT2D eigenvalue weighted by Gasteiger charge is 2.15. The standard InChI is InChI=1S/C20H23BrN2O3S/c1-13-7-8-18(26-3)17(9-13)14(2)22-19(24)11-27-12-20(25)23-16-6-4-5-15(21)10-16/h4-10,14H,11-12H2,1-3H3,(H,22,24)(H,23,25). The van der Waals surface area contributed by atoms with Crippen molar-refractivity contribution in [2.45, 2.75) is 19.9 Å². The number of rotatable bonds is 8. The fourth-order valence-corrected chi connectivity index (χ4v) is 3.58. The lowest BCUT2D eigenvalue weighted by atomic mass is 10.0. The summed E-state index contributed by atoms with van der Waals surface area (Å²) in [6.07, 6.45) is 0. The number of methoxy groups -OCH3 is 1. The third-order valence-corrected chi connectivity index (χ3v) is 5.23. The minimum absolute atomic E-state index is 0.119. The molecule has 0 radical (unpaired) electrons. The lowest BCUT2D eigenvalue weighted by Gasteiger charge is -2.18. The summed E-state index contributed by atoms with van der Waals surface area (Å²) in [6.45, 7) is 3.91. The van der Waals surface area contributed by atoms with E-state index in [2.05, 4.69) is 26.6 Å². The van der Waals surface area contributed by atoms with Crippen molar-refractivity contribution < 1.29 is 14.3 Å². The summed E-state index contributed by atoms with van der Waals surface area (Å²) >= 11 is 4.64. The molecule has 0 aliphatic heterocycles. The predicted molar refractivity (Wildman–Crippen MR) is 114 cm³/mol. The molecule has 0 fully saturated rings. The Morgan fingerprint density at radius 1 is 1.15 bits per heavy atom. The first kappa shape index (κ1) is 21.3. The summed E-state index contributed by atoms with van der Waals surface area (Å²) in [5, 5.41) is 5.76. The molecule has 0 aromatic heterocycles. The molecule has 2 amide bonds. The molecule has 0 spiro atoms. The molecule has 1 atom stereocenters. The Hall–Kier alpha value is -1.99. The van der Waals surface area contributed by atoms with E-state index >= 15 is 0 Å². The zero-order valence-electron chi connectivity index (χ0n) is 15.5. The number of amides is 2. The van der Waals surface area contributed by atoms with Gasteiger partial charge in [0.05, 0.1) is 24.7 Å².